The number of likely N-dealkylation sites (N-methyl/N-ethyl adjacent to an activating group) is 1. The van der Waals surface area contributed by atoms with Crippen molar-refractivity contribution in [1.82, 2.24) is 20.0 Å². The lowest BCUT2D eigenvalue weighted by atomic mass is 10.1. The van der Waals surface area contributed by atoms with Crippen molar-refractivity contribution in [2.75, 3.05) is 65.4 Å². The highest BCUT2D eigenvalue weighted by atomic mass is 127. The van der Waals surface area contributed by atoms with Crippen molar-refractivity contribution in [3.8, 4) is 5.75 Å². The van der Waals surface area contributed by atoms with Gasteiger partial charge in [-0.2, -0.15) is 0 Å². The first-order valence-electron chi connectivity index (χ1n) is 12.0. The van der Waals surface area contributed by atoms with Gasteiger partial charge >= 0.3 is 0 Å². The van der Waals surface area contributed by atoms with Crippen molar-refractivity contribution in [3.63, 3.8) is 0 Å². The summed E-state index contributed by atoms with van der Waals surface area (Å²) in [4.78, 5) is 12.5. The van der Waals surface area contributed by atoms with Crippen molar-refractivity contribution in [3.05, 3.63) is 30.3 Å². The van der Waals surface area contributed by atoms with Crippen LogP contribution in [0.5, 0.6) is 5.75 Å². The lowest BCUT2D eigenvalue weighted by Crippen LogP contribution is -2.47. The van der Waals surface area contributed by atoms with Gasteiger partial charge < -0.3 is 24.8 Å². The molecule has 2 heterocycles. The van der Waals surface area contributed by atoms with Crippen molar-refractivity contribution < 1.29 is 4.74 Å². The monoisotopic (exact) mass is 543 g/mol. The SMILES string of the molecule is CCNC(=NCCCCN1CCN(CC)CC1)N1CCC(Oc2ccccc2)CC1.I. The Morgan fingerprint density at radius 1 is 0.968 bits per heavy atom. The van der Waals surface area contributed by atoms with Gasteiger partial charge in [0.1, 0.15) is 11.9 Å². The van der Waals surface area contributed by atoms with Crippen LogP contribution in [0.3, 0.4) is 0 Å². The number of likely N-dealkylation sites (tertiary alicyclic amines) is 1. The molecule has 1 aromatic carbocycles. The number of guanidine groups is 1. The van der Waals surface area contributed by atoms with E-state index in [1.165, 1.54) is 45.7 Å². The number of halogens is 1. The van der Waals surface area contributed by atoms with Crippen LogP contribution in [0.25, 0.3) is 0 Å². The number of nitrogens with one attached hydrogen (secondary N) is 1. The third-order valence-corrected chi connectivity index (χ3v) is 6.18. The zero-order chi connectivity index (χ0) is 21.0. The molecule has 0 aromatic heterocycles. The minimum absolute atomic E-state index is 0. The van der Waals surface area contributed by atoms with Gasteiger partial charge in [-0.15, -0.1) is 24.0 Å². The fourth-order valence-corrected chi connectivity index (χ4v) is 4.26. The normalized spacial score (nSPS) is 19.2. The highest BCUT2D eigenvalue weighted by molar-refractivity contribution is 14.0. The van der Waals surface area contributed by atoms with E-state index in [2.05, 4.69) is 33.9 Å². The minimum Gasteiger partial charge on any atom is -0.490 e. The molecule has 7 heteroatoms. The Balaban J connectivity index is 0.00000341. The van der Waals surface area contributed by atoms with Gasteiger partial charge in [0.2, 0.25) is 0 Å². The summed E-state index contributed by atoms with van der Waals surface area (Å²) in [5.41, 5.74) is 0. The number of rotatable bonds is 9. The van der Waals surface area contributed by atoms with Crippen LogP contribution in [-0.4, -0.2) is 92.2 Å². The lowest BCUT2D eigenvalue weighted by Gasteiger charge is -2.34. The molecule has 0 radical (unpaired) electrons. The van der Waals surface area contributed by atoms with E-state index in [4.69, 9.17) is 9.73 Å². The molecule has 0 aliphatic carbocycles. The molecule has 0 spiro atoms. The molecule has 0 bridgehead atoms. The first-order valence-corrected chi connectivity index (χ1v) is 12.0. The van der Waals surface area contributed by atoms with Gasteiger partial charge in [-0.05, 0) is 45.0 Å². The Kier molecular flexibility index (Phi) is 12.6. The molecule has 1 aromatic rings. The fourth-order valence-electron chi connectivity index (χ4n) is 4.26. The van der Waals surface area contributed by atoms with E-state index < -0.39 is 0 Å². The Morgan fingerprint density at radius 3 is 2.29 bits per heavy atom. The number of unbranched alkanes of at least 4 members (excludes halogenated alkanes) is 1. The van der Waals surface area contributed by atoms with Crippen molar-refractivity contribution >= 4 is 29.9 Å². The zero-order valence-corrected chi connectivity index (χ0v) is 21.8. The zero-order valence-electron chi connectivity index (χ0n) is 19.5. The molecule has 6 nitrogen and oxygen atoms in total. The topological polar surface area (TPSA) is 43.3 Å². The number of benzene rings is 1. The molecule has 0 saturated carbocycles. The van der Waals surface area contributed by atoms with Crippen LogP contribution in [0.1, 0.15) is 39.5 Å². The van der Waals surface area contributed by atoms with E-state index in [0.717, 1.165) is 57.2 Å². The first kappa shape index (κ1) is 26.2. The molecule has 0 atom stereocenters. The number of nitrogens with zero attached hydrogens (tertiary/aromatic N) is 4. The molecule has 31 heavy (non-hydrogen) atoms. The van der Waals surface area contributed by atoms with E-state index >= 15 is 0 Å². The summed E-state index contributed by atoms with van der Waals surface area (Å²) in [6, 6.07) is 10.2. The van der Waals surface area contributed by atoms with E-state index in [-0.39, 0.29) is 24.0 Å². The van der Waals surface area contributed by atoms with Gasteiger partial charge in [0.05, 0.1) is 0 Å². The molecule has 1 N–H and O–H groups in total. The Morgan fingerprint density at radius 2 is 1.65 bits per heavy atom. The van der Waals surface area contributed by atoms with Crippen molar-refractivity contribution in [2.24, 2.45) is 4.99 Å². The molecule has 2 saturated heterocycles. The highest BCUT2D eigenvalue weighted by Crippen LogP contribution is 2.18. The summed E-state index contributed by atoms with van der Waals surface area (Å²) < 4.78 is 6.13. The largest absolute Gasteiger partial charge is 0.490 e. The third-order valence-electron chi connectivity index (χ3n) is 6.18. The van der Waals surface area contributed by atoms with Crippen LogP contribution >= 0.6 is 24.0 Å². The summed E-state index contributed by atoms with van der Waals surface area (Å²) in [5, 5.41) is 3.49. The Labute approximate surface area is 206 Å². The van der Waals surface area contributed by atoms with Gasteiger partial charge in [-0.25, -0.2) is 0 Å². The molecule has 3 rings (SSSR count). The summed E-state index contributed by atoms with van der Waals surface area (Å²) in [5.74, 6) is 2.06. The van der Waals surface area contributed by atoms with Gasteiger partial charge in [-0.1, -0.05) is 25.1 Å². The average molecular weight is 544 g/mol. The van der Waals surface area contributed by atoms with Gasteiger partial charge in [-0.3, -0.25) is 4.99 Å². The van der Waals surface area contributed by atoms with E-state index in [1.807, 2.05) is 30.3 Å². The Hall–Kier alpha value is -1.06. The summed E-state index contributed by atoms with van der Waals surface area (Å²) in [6.45, 7) is 15.5. The summed E-state index contributed by atoms with van der Waals surface area (Å²) >= 11 is 0. The smallest absolute Gasteiger partial charge is 0.193 e. The molecule has 2 fully saturated rings. The van der Waals surface area contributed by atoms with Crippen LogP contribution in [0.15, 0.2) is 35.3 Å². The summed E-state index contributed by atoms with van der Waals surface area (Å²) in [6.07, 6.45) is 4.80. The second-order valence-corrected chi connectivity index (χ2v) is 8.34. The van der Waals surface area contributed by atoms with Crippen LogP contribution < -0.4 is 10.1 Å². The number of hydrogen-bond donors (Lipinski definition) is 1. The van der Waals surface area contributed by atoms with E-state index in [1.54, 1.807) is 0 Å². The maximum absolute atomic E-state index is 6.13. The molecular formula is C24H42IN5O. The quantitative estimate of drug-likeness (QED) is 0.224. The lowest BCUT2D eigenvalue weighted by molar-refractivity contribution is 0.129. The van der Waals surface area contributed by atoms with Gasteiger partial charge in [0.25, 0.3) is 0 Å². The number of piperazine rings is 1. The average Bonchev–Trinajstić information content (AvgIpc) is 2.80. The number of piperidine rings is 1. The molecule has 2 aliphatic rings. The standard InChI is InChI=1S/C24H41N5O.HI/c1-3-25-24(26-14-8-9-15-28-20-18-27(4-2)19-21-28)29-16-12-23(13-17-29)30-22-10-6-5-7-11-22;/h5-7,10-11,23H,3-4,8-9,12-21H2,1-2H3,(H,25,26);1H. The molecular weight excluding hydrogens is 501 g/mol. The second kappa shape index (κ2) is 14.9. The Bertz CT molecular complexity index is 614. The van der Waals surface area contributed by atoms with E-state index in [9.17, 15) is 0 Å². The van der Waals surface area contributed by atoms with Crippen LogP contribution in [-0.2, 0) is 0 Å². The van der Waals surface area contributed by atoms with E-state index in [0.29, 0.717) is 6.10 Å². The summed E-state index contributed by atoms with van der Waals surface area (Å²) in [7, 11) is 0. The number of para-hydroxylation sites is 1. The predicted octanol–water partition coefficient (Wildman–Crippen LogP) is 3.53. The maximum Gasteiger partial charge on any atom is 0.193 e. The molecule has 176 valence electrons. The van der Waals surface area contributed by atoms with Crippen LogP contribution in [0.2, 0.25) is 0 Å². The number of ether oxygens (including phenoxy) is 1. The van der Waals surface area contributed by atoms with Crippen LogP contribution in [0.4, 0.5) is 0 Å². The van der Waals surface area contributed by atoms with Gasteiger partial charge in [0.15, 0.2) is 5.96 Å². The minimum atomic E-state index is 0. The van der Waals surface area contributed by atoms with Gasteiger partial charge in [0, 0.05) is 65.2 Å². The fraction of sp³-hybridized carbons (Fsp3) is 0.708. The third kappa shape index (κ3) is 9.14. The highest BCUT2D eigenvalue weighted by Gasteiger charge is 2.22. The first-order chi connectivity index (χ1) is 14.8. The molecule has 2 aliphatic heterocycles. The predicted molar refractivity (Wildman–Crippen MR) is 141 cm³/mol. The molecule has 0 unspecified atom stereocenters. The van der Waals surface area contributed by atoms with Crippen molar-refractivity contribution in [1.29, 1.82) is 0 Å². The number of aliphatic imine (C=N–C) groups is 1. The molecule has 0 amide bonds. The van der Waals surface area contributed by atoms with Crippen LogP contribution in [0, 0.1) is 0 Å². The maximum atomic E-state index is 6.13. The van der Waals surface area contributed by atoms with Crippen molar-refractivity contribution in [2.45, 2.75) is 45.6 Å². The second-order valence-electron chi connectivity index (χ2n) is 8.34. The number of hydrogen-bond acceptors (Lipinski definition) is 4.